The van der Waals surface area contributed by atoms with Crippen LogP contribution in [0.3, 0.4) is 0 Å². The number of rotatable bonds is 6. The summed E-state index contributed by atoms with van der Waals surface area (Å²) in [7, 11) is 0. The minimum atomic E-state index is 0. The maximum Gasteiger partial charge on any atom is 0.0446 e. The second-order valence-corrected chi connectivity index (χ2v) is 10.2. The van der Waals surface area contributed by atoms with Crippen molar-refractivity contribution in [2.24, 2.45) is 0 Å². The highest BCUT2D eigenvalue weighted by Gasteiger charge is 2.27. The Morgan fingerprint density at radius 3 is 1.83 bits per heavy atom. The molecule has 168 valence electrons. The van der Waals surface area contributed by atoms with Crippen LogP contribution >= 0.6 is 24.0 Å². The number of halogens is 2. The fraction of sp³-hybridized carbons (Fsp3) is 0.704. The molecule has 4 rings (SSSR count). The first kappa shape index (κ1) is 24.1. The van der Waals surface area contributed by atoms with Gasteiger partial charge >= 0.3 is 0 Å². The lowest BCUT2D eigenvalue weighted by atomic mass is 9.84. The lowest BCUT2D eigenvalue weighted by Crippen LogP contribution is -2.45. The molecule has 0 radical (unpaired) electrons. The van der Waals surface area contributed by atoms with Gasteiger partial charge in [0.15, 0.2) is 0 Å². The molecule has 3 fully saturated rings. The number of benzene rings is 1. The molecule has 0 unspecified atom stereocenters. The van der Waals surface area contributed by atoms with Crippen LogP contribution in [-0.2, 0) is 0 Å². The Morgan fingerprint density at radius 1 is 0.767 bits per heavy atom. The maximum atomic E-state index is 6.70. The fourth-order valence-electron chi connectivity index (χ4n) is 6.12. The zero-order valence-electron chi connectivity index (χ0n) is 18.7. The van der Waals surface area contributed by atoms with E-state index in [1.807, 2.05) is 0 Å². The summed E-state index contributed by atoms with van der Waals surface area (Å²) in [6, 6.07) is 8.42. The van der Waals surface area contributed by atoms with Crippen LogP contribution in [0.1, 0.15) is 113 Å². The molecule has 0 atom stereocenters. The number of hydrogen-bond donors (Lipinski definition) is 0. The molecule has 30 heavy (non-hydrogen) atoms. The standard InChI is InChI=1S/C27H40ClN.ClH/c28-27-21-22(18-19-26(27)23-12-4-1-5-13-23)11-10-20-29(24-14-6-2-7-15-24)25-16-8-3-9-17-25;/h10-11,18-19,21,23-25H,1-9,12-17,20H2;1H/b11-10-;. The van der Waals surface area contributed by atoms with E-state index in [9.17, 15) is 0 Å². The van der Waals surface area contributed by atoms with Crippen LogP contribution in [0.25, 0.3) is 6.08 Å². The van der Waals surface area contributed by atoms with Gasteiger partial charge in [-0.05, 0) is 61.6 Å². The molecule has 0 aliphatic heterocycles. The highest BCUT2D eigenvalue weighted by atomic mass is 35.5. The van der Waals surface area contributed by atoms with Gasteiger partial charge in [0.2, 0.25) is 0 Å². The Kier molecular flexibility index (Phi) is 10.1. The van der Waals surface area contributed by atoms with Gasteiger partial charge in [-0.3, -0.25) is 4.90 Å². The molecule has 0 heterocycles. The molecule has 1 nitrogen and oxygen atoms in total. The molecule has 3 aliphatic rings. The minimum Gasteiger partial charge on any atom is -0.294 e. The van der Waals surface area contributed by atoms with E-state index in [1.165, 1.54) is 107 Å². The summed E-state index contributed by atoms with van der Waals surface area (Å²) >= 11 is 6.70. The highest BCUT2D eigenvalue weighted by molar-refractivity contribution is 6.31. The van der Waals surface area contributed by atoms with Crippen LogP contribution in [0, 0.1) is 0 Å². The highest BCUT2D eigenvalue weighted by Crippen LogP contribution is 2.37. The predicted octanol–water partition coefficient (Wildman–Crippen LogP) is 8.79. The fourth-order valence-corrected chi connectivity index (χ4v) is 6.47. The van der Waals surface area contributed by atoms with E-state index in [2.05, 4.69) is 35.3 Å². The smallest absolute Gasteiger partial charge is 0.0446 e. The molecule has 3 heteroatoms. The van der Waals surface area contributed by atoms with Crippen molar-refractivity contribution in [1.82, 2.24) is 4.90 Å². The third-order valence-corrected chi connectivity index (χ3v) is 8.11. The molecule has 1 aromatic rings. The van der Waals surface area contributed by atoms with Crippen LogP contribution in [-0.4, -0.2) is 23.5 Å². The van der Waals surface area contributed by atoms with Crippen LogP contribution < -0.4 is 0 Å². The summed E-state index contributed by atoms with van der Waals surface area (Å²) in [5, 5.41) is 0.982. The van der Waals surface area contributed by atoms with Crippen molar-refractivity contribution in [3.05, 3.63) is 40.4 Å². The third-order valence-electron chi connectivity index (χ3n) is 7.78. The van der Waals surface area contributed by atoms with Gasteiger partial charge in [-0.2, -0.15) is 0 Å². The predicted molar refractivity (Wildman–Crippen MR) is 134 cm³/mol. The zero-order chi connectivity index (χ0) is 19.9. The molecule has 0 spiro atoms. The molecule has 1 aromatic carbocycles. The van der Waals surface area contributed by atoms with E-state index in [4.69, 9.17) is 11.6 Å². The second kappa shape index (κ2) is 12.5. The van der Waals surface area contributed by atoms with Gasteiger partial charge in [0.25, 0.3) is 0 Å². The summed E-state index contributed by atoms with van der Waals surface area (Å²) in [6.45, 7) is 1.11. The molecule has 0 saturated heterocycles. The summed E-state index contributed by atoms with van der Waals surface area (Å²) in [4.78, 5) is 2.87. The van der Waals surface area contributed by atoms with Crippen molar-refractivity contribution in [2.45, 2.75) is 114 Å². The average molecular weight is 451 g/mol. The average Bonchev–Trinajstić information content (AvgIpc) is 2.79. The summed E-state index contributed by atoms with van der Waals surface area (Å²) in [6.07, 6.45) is 25.7. The van der Waals surface area contributed by atoms with E-state index in [-0.39, 0.29) is 12.4 Å². The molecule has 0 amide bonds. The third kappa shape index (κ3) is 6.50. The lowest BCUT2D eigenvalue weighted by Gasteiger charge is -2.41. The van der Waals surface area contributed by atoms with Crippen LogP contribution in [0.5, 0.6) is 0 Å². The Hall–Kier alpha value is -0.500. The van der Waals surface area contributed by atoms with Gasteiger partial charge in [-0.15, -0.1) is 12.4 Å². The van der Waals surface area contributed by atoms with Crippen molar-refractivity contribution in [3.63, 3.8) is 0 Å². The summed E-state index contributed by atoms with van der Waals surface area (Å²) in [5.74, 6) is 0.683. The van der Waals surface area contributed by atoms with Crippen molar-refractivity contribution in [2.75, 3.05) is 6.54 Å². The van der Waals surface area contributed by atoms with E-state index >= 15 is 0 Å². The molecular weight excluding hydrogens is 409 g/mol. The number of nitrogens with zero attached hydrogens (tertiary/aromatic N) is 1. The molecular formula is C27H41Cl2N. The van der Waals surface area contributed by atoms with Gasteiger partial charge in [0.05, 0.1) is 0 Å². The molecule has 3 saturated carbocycles. The maximum absolute atomic E-state index is 6.70. The first-order valence-corrected chi connectivity index (χ1v) is 12.9. The Morgan fingerprint density at radius 2 is 1.30 bits per heavy atom. The molecule has 0 bridgehead atoms. The Bertz CT molecular complexity index is 635. The monoisotopic (exact) mass is 449 g/mol. The van der Waals surface area contributed by atoms with Crippen molar-refractivity contribution < 1.29 is 0 Å². The molecule has 3 aliphatic carbocycles. The van der Waals surface area contributed by atoms with E-state index in [0.29, 0.717) is 5.92 Å². The van der Waals surface area contributed by atoms with Crippen LogP contribution in [0.15, 0.2) is 24.3 Å². The second-order valence-electron chi connectivity index (χ2n) is 9.80. The first-order chi connectivity index (χ1) is 14.3. The Balaban J connectivity index is 0.00000256. The van der Waals surface area contributed by atoms with Gasteiger partial charge in [-0.1, -0.05) is 93.7 Å². The lowest BCUT2D eigenvalue weighted by molar-refractivity contribution is 0.0941. The van der Waals surface area contributed by atoms with Gasteiger partial charge in [0.1, 0.15) is 0 Å². The minimum absolute atomic E-state index is 0. The largest absolute Gasteiger partial charge is 0.294 e. The normalized spacial score (nSPS) is 22.5. The number of hydrogen-bond acceptors (Lipinski definition) is 1. The van der Waals surface area contributed by atoms with Crippen molar-refractivity contribution >= 4 is 30.1 Å². The van der Waals surface area contributed by atoms with E-state index in [0.717, 1.165) is 23.7 Å². The van der Waals surface area contributed by atoms with E-state index in [1.54, 1.807) is 0 Å². The topological polar surface area (TPSA) is 3.24 Å². The van der Waals surface area contributed by atoms with Crippen LogP contribution in [0.4, 0.5) is 0 Å². The van der Waals surface area contributed by atoms with Crippen molar-refractivity contribution in [3.8, 4) is 0 Å². The van der Waals surface area contributed by atoms with Gasteiger partial charge in [-0.25, -0.2) is 0 Å². The van der Waals surface area contributed by atoms with Crippen LogP contribution in [0.2, 0.25) is 5.02 Å². The SMILES string of the molecule is Cl.Clc1cc(/C=C\CN(C2CCCCC2)C2CCCCC2)ccc1C1CCCCC1. The summed E-state index contributed by atoms with van der Waals surface area (Å²) < 4.78 is 0. The Labute approximate surface area is 196 Å². The summed E-state index contributed by atoms with van der Waals surface area (Å²) in [5.41, 5.74) is 2.65. The first-order valence-electron chi connectivity index (χ1n) is 12.5. The molecule has 0 N–H and O–H groups in total. The van der Waals surface area contributed by atoms with Gasteiger partial charge in [0, 0.05) is 23.7 Å². The van der Waals surface area contributed by atoms with E-state index < -0.39 is 0 Å². The van der Waals surface area contributed by atoms with Crippen molar-refractivity contribution in [1.29, 1.82) is 0 Å². The zero-order valence-corrected chi connectivity index (χ0v) is 20.2. The van der Waals surface area contributed by atoms with Gasteiger partial charge < -0.3 is 0 Å². The molecule has 0 aromatic heterocycles. The quantitative estimate of drug-likeness (QED) is 0.419.